The Kier molecular flexibility index (Phi) is 6.28. The summed E-state index contributed by atoms with van der Waals surface area (Å²) in [6, 6.07) is 14.2. The zero-order chi connectivity index (χ0) is 18.2. The second-order valence-corrected chi connectivity index (χ2v) is 5.72. The third-order valence-electron chi connectivity index (χ3n) is 3.72. The number of aryl methyl sites for hydroxylation is 2. The first-order chi connectivity index (χ1) is 12.0. The number of hydrogen-bond donors (Lipinski definition) is 3. The van der Waals surface area contributed by atoms with Crippen LogP contribution in [0.4, 0.5) is 5.69 Å². The summed E-state index contributed by atoms with van der Waals surface area (Å²) in [6.45, 7) is 3.96. The van der Waals surface area contributed by atoms with Crippen LogP contribution in [0.3, 0.4) is 0 Å². The first kappa shape index (κ1) is 18.2. The molecule has 0 aromatic heterocycles. The minimum Gasteiger partial charge on any atom is -0.326 e. The van der Waals surface area contributed by atoms with Crippen molar-refractivity contribution in [2.24, 2.45) is 0 Å². The van der Waals surface area contributed by atoms with Crippen molar-refractivity contribution >= 4 is 23.4 Å². The fourth-order valence-corrected chi connectivity index (χ4v) is 2.12. The van der Waals surface area contributed by atoms with Gasteiger partial charge in [0, 0.05) is 24.1 Å². The lowest BCUT2D eigenvalue weighted by Crippen LogP contribution is -2.41. The van der Waals surface area contributed by atoms with E-state index in [9.17, 15) is 14.4 Å². The molecular formula is C19H21N3O3. The van der Waals surface area contributed by atoms with E-state index in [1.165, 1.54) is 0 Å². The van der Waals surface area contributed by atoms with Crippen LogP contribution < -0.4 is 16.2 Å². The summed E-state index contributed by atoms with van der Waals surface area (Å²) in [4.78, 5) is 35.4. The molecule has 0 radical (unpaired) electrons. The molecule has 0 heterocycles. The molecule has 3 N–H and O–H groups in total. The van der Waals surface area contributed by atoms with Crippen LogP contribution in [0.2, 0.25) is 0 Å². The van der Waals surface area contributed by atoms with E-state index in [-0.39, 0.29) is 18.7 Å². The van der Waals surface area contributed by atoms with Crippen molar-refractivity contribution in [1.29, 1.82) is 0 Å². The number of hydrazine groups is 1. The van der Waals surface area contributed by atoms with E-state index < -0.39 is 11.8 Å². The maximum absolute atomic E-state index is 11.9. The number of carbonyl (C=O) groups excluding carboxylic acids is 3. The van der Waals surface area contributed by atoms with Crippen LogP contribution in [0, 0.1) is 13.8 Å². The lowest BCUT2D eigenvalue weighted by atomic mass is 10.1. The highest BCUT2D eigenvalue weighted by atomic mass is 16.2. The van der Waals surface area contributed by atoms with Crippen LogP contribution in [0.1, 0.15) is 34.3 Å². The Hall–Kier alpha value is -3.15. The van der Waals surface area contributed by atoms with Crippen molar-refractivity contribution in [3.8, 4) is 0 Å². The normalized spacial score (nSPS) is 10.0. The molecule has 130 valence electrons. The van der Waals surface area contributed by atoms with Gasteiger partial charge in [-0.05, 0) is 49.2 Å². The quantitative estimate of drug-likeness (QED) is 0.731. The SMILES string of the molecule is Cc1ccc(NC(=O)CCC(=O)NNC(=O)c2ccccc2)cc1C. The van der Waals surface area contributed by atoms with E-state index in [0.29, 0.717) is 11.3 Å². The molecule has 2 aromatic carbocycles. The number of rotatable bonds is 5. The van der Waals surface area contributed by atoms with Crippen LogP contribution in [-0.4, -0.2) is 17.7 Å². The van der Waals surface area contributed by atoms with Gasteiger partial charge in [-0.1, -0.05) is 24.3 Å². The van der Waals surface area contributed by atoms with Gasteiger partial charge in [0.05, 0.1) is 0 Å². The van der Waals surface area contributed by atoms with Gasteiger partial charge in [0.25, 0.3) is 5.91 Å². The smallest absolute Gasteiger partial charge is 0.269 e. The summed E-state index contributed by atoms with van der Waals surface area (Å²) in [5.74, 6) is -1.10. The Morgan fingerprint density at radius 1 is 0.800 bits per heavy atom. The fourth-order valence-electron chi connectivity index (χ4n) is 2.12. The molecule has 0 aliphatic carbocycles. The fraction of sp³-hybridized carbons (Fsp3) is 0.211. The average Bonchev–Trinajstić information content (AvgIpc) is 2.61. The minimum absolute atomic E-state index is 0.0221. The van der Waals surface area contributed by atoms with Crippen LogP contribution >= 0.6 is 0 Å². The van der Waals surface area contributed by atoms with E-state index in [1.807, 2.05) is 32.0 Å². The lowest BCUT2D eigenvalue weighted by molar-refractivity contribution is -0.124. The first-order valence-electron chi connectivity index (χ1n) is 7.97. The van der Waals surface area contributed by atoms with Crippen molar-refractivity contribution in [1.82, 2.24) is 10.9 Å². The van der Waals surface area contributed by atoms with Gasteiger partial charge in [0.15, 0.2) is 0 Å². The predicted molar refractivity (Wildman–Crippen MR) is 95.8 cm³/mol. The monoisotopic (exact) mass is 339 g/mol. The third kappa shape index (κ3) is 5.76. The third-order valence-corrected chi connectivity index (χ3v) is 3.72. The Bertz CT molecular complexity index is 773. The van der Waals surface area contributed by atoms with Gasteiger partial charge >= 0.3 is 0 Å². The number of hydrogen-bond acceptors (Lipinski definition) is 3. The zero-order valence-electron chi connectivity index (χ0n) is 14.3. The summed E-state index contributed by atoms with van der Waals surface area (Å²) in [6.07, 6.45) is 0.00567. The van der Waals surface area contributed by atoms with Crippen LogP contribution in [0.15, 0.2) is 48.5 Å². The van der Waals surface area contributed by atoms with E-state index >= 15 is 0 Å². The van der Waals surface area contributed by atoms with Gasteiger partial charge in [0.1, 0.15) is 0 Å². The first-order valence-corrected chi connectivity index (χ1v) is 7.97. The van der Waals surface area contributed by atoms with Crippen LogP contribution in [0.25, 0.3) is 0 Å². The summed E-state index contributed by atoms with van der Waals surface area (Å²) < 4.78 is 0. The average molecular weight is 339 g/mol. The molecule has 0 spiro atoms. The Morgan fingerprint density at radius 2 is 1.48 bits per heavy atom. The molecule has 6 nitrogen and oxygen atoms in total. The second-order valence-electron chi connectivity index (χ2n) is 5.72. The number of nitrogens with one attached hydrogen (secondary N) is 3. The van der Waals surface area contributed by atoms with Gasteiger partial charge in [0.2, 0.25) is 11.8 Å². The standard InChI is InChI=1S/C19H21N3O3/c1-13-8-9-16(12-14(13)2)20-17(23)10-11-18(24)21-22-19(25)15-6-4-3-5-7-15/h3-9,12H,10-11H2,1-2H3,(H,20,23)(H,21,24)(H,22,25). The molecule has 0 aliphatic rings. The number of benzene rings is 2. The minimum atomic E-state index is -0.431. The highest BCUT2D eigenvalue weighted by Gasteiger charge is 2.09. The van der Waals surface area contributed by atoms with Crippen LogP contribution in [0.5, 0.6) is 0 Å². The van der Waals surface area contributed by atoms with Gasteiger partial charge in [-0.25, -0.2) is 0 Å². The van der Waals surface area contributed by atoms with Gasteiger partial charge < -0.3 is 5.32 Å². The maximum Gasteiger partial charge on any atom is 0.269 e. The van der Waals surface area contributed by atoms with Crippen molar-refractivity contribution in [3.05, 3.63) is 65.2 Å². The molecule has 0 bridgehead atoms. The zero-order valence-corrected chi connectivity index (χ0v) is 14.3. The molecule has 0 saturated heterocycles. The lowest BCUT2D eigenvalue weighted by Gasteiger charge is -2.09. The number of carbonyl (C=O) groups is 3. The summed E-state index contributed by atoms with van der Waals surface area (Å²) in [5.41, 5.74) is 7.98. The molecule has 0 unspecified atom stereocenters. The molecule has 6 heteroatoms. The summed E-state index contributed by atoms with van der Waals surface area (Å²) >= 11 is 0. The maximum atomic E-state index is 11.9. The van der Waals surface area contributed by atoms with E-state index in [4.69, 9.17) is 0 Å². The van der Waals surface area contributed by atoms with Gasteiger partial charge in [-0.15, -0.1) is 0 Å². The van der Waals surface area contributed by atoms with Crippen molar-refractivity contribution in [2.45, 2.75) is 26.7 Å². The molecule has 25 heavy (non-hydrogen) atoms. The Labute approximate surface area is 146 Å². The van der Waals surface area contributed by atoms with E-state index in [0.717, 1.165) is 11.1 Å². The highest BCUT2D eigenvalue weighted by molar-refractivity contribution is 5.96. The van der Waals surface area contributed by atoms with E-state index in [2.05, 4.69) is 16.2 Å². The molecule has 2 aromatic rings. The number of amides is 3. The molecule has 0 fully saturated rings. The van der Waals surface area contributed by atoms with Gasteiger partial charge in [-0.2, -0.15) is 0 Å². The second kappa shape index (κ2) is 8.63. The van der Waals surface area contributed by atoms with Crippen molar-refractivity contribution < 1.29 is 14.4 Å². The van der Waals surface area contributed by atoms with Crippen molar-refractivity contribution in [3.63, 3.8) is 0 Å². The molecule has 0 atom stereocenters. The topological polar surface area (TPSA) is 87.3 Å². The molecule has 3 amide bonds. The Morgan fingerprint density at radius 3 is 2.16 bits per heavy atom. The Balaban J connectivity index is 1.73. The highest BCUT2D eigenvalue weighted by Crippen LogP contribution is 2.14. The predicted octanol–water partition coefficient (Wildman–Crippen LogP) is 2.48. The molecule has 0 aliphatic heterocycles. The van der Waals surface area contributed by atoms with E-state index in [1.54, 1.807) is 30.3 Å². The molecule has 2 rings (SSSR count). The molecular weight excluding hydrogens is 318 g/mol. The van der Waals surface area contributed by atoms with Crippen molar-refractivity contribution in [2.75, 3.05) is 5.32 Å². The van der Waals surface area contributed by atoms with Gasteiger partial charge in [-0.3, -0.25) is 25.2 Å². The largest absolute Gasteiger partial charge is 0.326 e. The summed E-state index contributed by atoms with van der Waals surface area (Å²) in [7, 11) is 0. The number of anilines is 1. The molecule has 0 saturated carbocycles. The summed E-state index contributed by atoms with van der Waals surface area (Å²) in [5, 5.41) is 2.75. The van der Waals surface area contributed by atoms with Crippen LogP contribution in [-0.2, 0) is 9.59 Å².